The summed E-state index contributed by atoms with van der Waals surface area (Å²) in [6.07, 6.45) is 1.56. The first-order valence-corrected chi connectivity index (χ1v) is 5.91. The molecule has 17 heavy (non-hydrogen) atoms. The molecule has 5 heteroatoms. The standard InChI is InChI=1S/C12H14FN3O/c13-10-2-1-3-11(14-10)15-6-7-16-9(8-15)4-5-12(16)17/h1-3,9H,4-8H2. The molecule has 0 spiro atoms. The topological polar surface area (TPSA) is 36.4 Å². The third-order valence-electron chi connectivity index (χ3n) is 3.52. The van der Waals surface area contributed by atoms with Crippen LogP contribution in [0.15, 0.2) is 18.2 Å². The predicted octanol–water partition coefficient (Wildman–Crippen LogP) is 1.03. The second-order valence-electron chi connectivity index (χ2n) is 4.54. The van der Waals surface area contributed by atoms with Gasteiger partial charge in [-0.1, -0.05) is 6.07 Å². The van der Waals surface area contributed by atoms with Crippen LogP contribution in [0, 0.1) is 5.95 Å². The van der Waals surface area contributed by atoms with Crippen LogP contribution in [0.25, 0.3) is 0 Å². The molecule has 0 saturated carbocycles. The van der Waals surface area contributed by atoms with E-state index < -0.39 is 5.95 Å². The summed E-state index contributed by atoms with van der Waals surface area (Å²) in [6, 6.07) is 5.11. The number of anilines is 1. The number of rotatable bonds is 1. The highest BCUT2D eigenvalue weighted by Crippen LogP contribution is 2.25. The van der Waals surface area contributed by atoms with Crippen LogP contribution >= 0.6 is 0 Å². The molecule has 0 aromatic carbocycles. The average molecular weight is 235 g/mol. The van der Waals surface area contributed by atoms with E-state index in [0.29, 0.717) is 12.2 Å². The largest absolute Gasteiger partial charge is 0.353 e. The van der Waals surface area contributed by atoms with Gasteiger partial charge in [-0.2, -0.15) is 4.39 Å². The summed E-state index contributed by atoms with van der Waals surface area (Å²) in [5.41, 5.74) is 0. The van der Waals surface area contributed by atoms with Gasteiger partial charge in [-0.05, 0) is 18.6 Å². The smallest absolute Gasteiger partial charge is 0.223 e. The summed E-state index contributed by atoms with van der Waals surface area (Å²) in [4.78, 5) is 19.4. The molecular weight excluding hydrogens is 221 g/mol. The first-order chi connectivity index (χ1) is 8.24. The van der Waals surface area contributed by atoms with Crippen LogP contribution in [0.2, 0.25) is 0 Å². The molecule has 1 unspecified atom stereocenters. The average Bonchev–Trinajstić information content (AvgIpc) is 2.71. The van der Waals surface area contributed by atoms with Crippen LogP contribution in [0.1, 0.15) is 12.8 Å². The van der Waals surface area contributed by atoms with Gasteiger partial charge in [-0.3, -0.25) is 4.79 Å². The zero-order chi connectivity index (χ0) is 11.8. The Morgan fingerprint density at radius 1 is 1.35 bits per heavy atom. The highest BCUT2D eigenvalue weighted by Gasteiger charge is 2.35. The number of hydrogen-bond acceptors (Lipinski definition) is 3. The minimum atomic E-state index is -0.451. The lowest BCUT2D eigenvalue weighted by molar-refractivity contribution is -0.129. The molecule has 0 aliphatic carbocycles. The lowest BCUT2D eigenvalue weighted by Gasteiger charge is -2.38. The fraction of sp³-hybridized carbons (Fsp3) is 0.500. The number of nitrogens with zero attached hydrogens (tertiary/aromatic N) is 3. The Morgan fingerprint density at radius 3 is 3.06 bits per heavy atom. The molecule has 4 nitrogen and oxygen atoms in total. The summed E-state index contributed by atoms with van der Waals surface area (Å²) in [6.45, 7) is 2.22. The van der Waals surface area contributed by atoms with Gasteiger partial charge in [0.1, 0.15) is 5.82 Å². The SMILES string of the molecule is O=C1CCC2CN(c3cccc(F)n3)CCN12. The van der Waals surface area contributed by atoms with Crippen LogP contribution in [-0.2, 0) is 4.79 Å². The van der Waals surface area contributed by atoms with Gasteiger partial charge < -0.3 is 9.80 Å². The first-order valence-electron chi connectivity index (χ1n) is 5.91. The number of carbonyl (C=O) groups is 1. The van der Waals surface area contributed by atoms with Crippen molar-refractivity contribution in [2.45, 2.75) is 18.9 Å². The third-order valence-corrected chi connectivity index (χ3v) is 3.52. The van der Waals surface area contributed by atoms with Crippen molar-refractivity contribution in [1.29, 1.82) is 0 Å². The minimum absolute atomic E-state index is 0.252. The van der Waals surface area contributed by atoms with Gasteiger partial charge in [-0.25, -0.2) is 4.98 Å². The number of hydrogen-bond donors (Lipinski definition) is 0. The molecule has 2 fully saturated rings. The Labute approximate surface area is 99.0 Å². The molecule has 0 radical (unpaired) electrons. The van der Waals surface area contributed by atoms with E-state index in [1.54, 1.807) is 6.07 Å². The van der Waals surface area contributed by atoms with E-state index in [2.05, 4.69) is 9.88 Å². The zero-order valence-electron chi connectivity index (χ0n) is 9.47. The number of pyridine rings is 1. The van der Waals surface area contributed by atoms with Crippen molar-refractivity contribution in [3.05, 3.63) is 24.1 Å². The number of halogens is 1. The molecule has 1 aromatic rings. The van der Waals surface area contributed by atoms with Crippen molar-refractivity contribution in [3.8, 4) is 0 Å². The number of aromatic nitrogens is 1. The van der Waals surface area contributed by atoms with Crippen LogP contribution in [-0.4, -0.2) is 41.5 Å². The van der Waals surface area contributed by atoms with Crippen LogP contribution in [0.3, 0.4) is 0 Å². The fourth-order valence-corrected chi connectivity index (χ4v) is 2.65. The molecule has 1 amide bonds. The molecule has 90 valence electrons. The van der Waals surface area contributed by atoms with Crippen molar-refractivity contribution in [2.24, 2.45) is 0 Å². The van der Waals surface area contributed by atoms with Crippen LogP contribution < -0.4 is 4.90 Å². The monoisotopic (exact) mass is 235 g/mol. The molecule has 0 N–H and O–H groups in total. The van der Waals surface area contributed by atoms with Gasteiger partial charge in [-0.15, -0.1) is 0 Å². The quantitative estimate of drug-likeness (QED) is 0.682. The van der Waals surface area contributed by atoms with Crippen LogP contribution in [0.4, 0.5) is 10.2 Å². The van der Waals surface area contributed by atoms with E-state index in [4.69, 9.17) is 0 Å². The molecule has 0 bridgehead atoms. The summed E-state index contributed by atoms with van der Waals surface area (Å²) in [7, 11) is 0. The number of carbonyl (C=O) groups excluding carboxylic acids is 1. The Bertz CT molecular complexity index is 451. The predicted molar refractivity (Wildman–Crippen MR) is 61.1 cm³/mol. The number of piperazine rings is 1. The van der Waals surface area contributed by atoms with E-state index in [9.17, 15) is 9.18 Å². The van der Waals surface area contributed by atoms with E-state index in [1.807, 2.05) is 11.0 Å². The van der Waals surface area contributed by atoms with Crippen molar-refractivity contribution >= 4 is 11.7 Å². The minimum Gasteiger partial charge on any atom is -0.353 e. The molecule has 2 saturated heterocycles. The van der Waals surface area contributed by atoms with E-state index in [0.717, 1.165) is 26.1 Å². The third kappa shape index (κ3) is 1.85. The number of fused-ring (bicyclic) bond motifs is 1. The second-order valence-corrected chi connectivity index (χ2v) is 4.54. The van der Waals surface area contributed by atoms with Crippen LogP contribution in [0.5, 0.6) is 0 Å². The highest BCUT2D eigenvalue weighted by molar-refractivity contribution is 5.79. The van der Waals surface area contributed by atoms with Crippen molar-refractivity contribution < 1.29 is 9.18 Å². The van der Waals surface area contributed by atoms with E-state index in [1.165, 1.54) is 6.07 Å². The van der Waals surface area contributed by atoms with Crippen molar-refractivity contribution in [3.63, 3.8) is 0 Å². The summed E-state index contributed by atoms with van der Waals surface area (Å²) in [5.74, 6) is 0.471. The Kier molecular flexibility index (Phi) is 2.46. The maximum atomic E-state index is 13.0. The molecule has 1 atom stereocenters. The van der Waals surface area contributed by atoms with E-state index in [-0.39, 0.29) is 11.9 Å². The lowest BCUT2D eigenvalue weighted by Crippen LogP contribution is -2.51. The Morgan fingerprint density at radius 2 is 2.24 bits per heavy atom. The maximum absolute atomic E-state index is 13.0. The van der Waals surface area contributed by atoms with Gasteiger partial charge in [0.2, 0.25) is 11.9 Å². The van der Waals surface area contributed by atoms with Crippen molar-refractivity contribution in [1.82, 2.24) is 9.88 Å². The molecule has 2 aliphatic rings. The van der Waals surface area contributed by atoms with Gasteiger partial charge in [0.15, 0.2) is 0 Å². The van der Waals surface area contributed by atoms with E-state index >= 15 is 0 Å². The molecule has 3 rings (SSSR count). The second kappa shape index (κ2) is 3.98. The Hall–Kier alpha value is -1.65. The highest BCUT2D eigenvalue weighted by atomic mass is 19.1. The fourth-order valence-electron chi connectivity index (χ4n) is 2.65. The summed E-state index contributed by atoms with van der Waals surface area (Å²) in [5, 5.41) is 0. The van der Waals surface area contributed by atoms with Gasteiger partial charge in [0.05, 0.1) is 0 Å². The van der Waals surface area contributed by atoms with Gasteiger partial charge in [0, 0.05) is 32.1 Å². The zero-order valence-corrected chi connectivity index (χ0v) is 9.47. The summed E-state index contributed by atoms with van der Waals surface area (Å²) >= 11 is 0. The Balaban J connectivity index is 1.77. The van der Waals surface area contributed by atoms with Gasteiger partial charge in [0.25, 0.3) is 0 Å². The molecule has 1 aromatic heterocycles. The van der Waals surface area contributed by atoms with Crippen molar-refractivity contribution in [2.75, 3.05) is 24.5 Å². The van der Waals surface area contributed by atoms with Gasteiger partial charge >= 0.3 is 0 Å². The molecule has 2 aliphatic heterocycles. The summed E-state index contributed by atoms with van der Waals surface area (Å²) < 4.78 is 13.0. The maximum Gasteiger partial charge on any atom is 0.223 e. The number of amides is 1. The molecule has 3 heterocycles. The first kappa shape index (κ1) is 10.5. The normalized spacial score (nSPS) is 24.1. The molecular formula is C12H14FN3O. The lowest BCUT2D eigenvalue weighted by atomic mass is 10.1.